The summed E-state index contributed by atoms with van der Waals surface area (Å²) >= 11 is 0. The molecule has 0 bridgehead atoms. The smallest absolute Gasteiger partial charge is 0.224 e. The van der Waals surface area contributed by atoms with Crippen molar-refractivity contribution in [1.29, 1.82) is 0 Å². The number of aromatic nitrogens is 1. The molecular formula is C22H22N2O4S. The van der Waals surface area contributed by atoms with Gasteiger partial charge in [-0.15, -0.1) is 0 Å². The fraction of sp³-hybridized carbons (Fsp3) is 0.182. The summed E-state index contributed by atoms with van der Waals surface area (Å²) in [6.07, 6.45) is 3.24. The number of rotatable bonds is 8. The maximum Gasteiger partial charge on any atom is 0.224 e. The maximum absolute atomic E-state index is 13.2. The van der Waals surface area contributed by atoms with E-state index < -0.39 is 15.1 Å². The molecule has 150 valence electrons. The van der Waals surface area contributed by atoms with Crippen molar-refractivity contribution in [3.8, 4) is 5.75 Å². The average molecular weight is 410 g/mol. The molecule has 0 fully saturated rings. The van der Waals surface area contributed by atoms with Gasteiger partial charge in [-0.2, -0.15) is 0 Å². The van der Waals surface area contributed by atoms with E-state index in [0.29, 0.717) is 11.3 Å². The van der Waals surface area contributed by atoms with Crippen LogP contribution in [0.15, 0.2) is 84.0 Å². The summed E-state index contributed by atoms with van der Waals surface area (Å²) in [6, 6.07) is 18.8. The number of amides is 1. The standard InChI is InChI=1S/C22H22N2O4S/c1-28-19-11-9-17(10-12-19)14-22(25)24-16-21(18-6-5-13-23-15-18)29(26,27)20-7-3-2-4-8-20/h2-13,15,21H,14,16H2,1H3,(H,24,25). The predicted molar refractivity (Wildman–Crippen MR) is 110 cm³/mol. The van der Waals surface area contributed by atoms with Gasteiger partial charge in [-0.3, -0.25) is 9.78 Å². The molecule has 2 aromatic carbocycles. The molecule has 29 heavy (non-hydrogen) atoms. The first-order valence-corrected chi connectivity index (χ1v) is 10.6. The van der Waals surface area contributed by atoms with Crippen molar-refractivity contribution in [2.45, 2.75) is 16.6 Å². The van der Waals surface area contributed by atoms with Crippen LogP contribution in [0.3, 0.4) is 0 Å². The van der Waals surface area contributed by atoms with Crippen molar-refractivity contribution in [2.75, 3.05) is 13.7 Å². The Kier molecular flexibility index (Phi) is 6.61. The summed E-state index contributed by atoms with van der Waals surface area (Å²) in [5, 5.41) is 1.83. The Morgan fingerprint density at radius 1 is 1.03 bits per heavy atom. The Labute approximate surface area is 170 Å². The highest BCUT2D eigenvalue weighted by Gasteiger charge is 2.29. The largest absolute Gasteiger partial charge is 0.497 e. The fourth-order valence-corrected chi connectivity index (χ4v) is 4.61. The first-order chi connectivity index (χ1) is 14.0. The van der Waals surface area contributed by atoms with E-state index in [1.165, 1.54) is 6.20 Å². The van der Waals surface area contributed by atoms with Crippen LogP contribution >= 0.6 is 0 Å². The number of nitrogens with zero attached hydrogens (tertiary/aromatic N) is 1. The van der Waals surface area contributed by atoms with Gasteiger partial charge in [0, 0.05) is 18.9 Å². The molecular weight excluding hydrogens is 388 g/mol. The minimum Gasteiger partial charge on any atom is -0.497 e. The van der Waals surface area contributed by atoms with Gasteiger partial charge in [-0.1, -0.05) is 36.4 Å². The molecule has 0 spiro atoms. The van der Waals surface area contributed by atoms with Crippen LogP contribution in [0.1, 0.15) is 16.4 Å². The van der Waals surface area contributed by atoms with Crippen molar-refractivity contribution in [3.63, 3.8) is 0 Å². The number of methoxy groups -OCH3 is 1. The van der Waals surface area contributed by atoms with E-state index in [-0.39, 0.29) is 23.8 Å². The van der Waals surface area contributed by atoms with Gasteiger partial charge in [0.05, 0.1) is 18.4 Å². The zero-order chi connectivity index (χ0) is 20.7. The number of hydrogen-bond donors (Lipinski definition) is 1. The van der Waals surface area contributed by atoms with E-state index in [1.807, 2.05) is 0 Å². The summed E-state index contributed by atoms with van der Waals surface area (Å²) in [7, 11) is -2.13. The molecule has 6 nitrogen and oxygen atoms in total. The topological polar surface area (TPSA) is 85.4 Å². The van der Waals surface area contributed by atoms with Crippen LogP contribution in [0.2, 0.25) is 0 Å². The average Bonchev–Trinajstić information content (AvgIpc) is 2.75. The van der Waals surface area contributed by atoms with Crippen molar-refractivity contribution in [1.82, 2.24) is 10.3 Å². The first-order valence-electron chi connectivity index (χ1n) is 9.09. The second-order valence-electron chi connectivity index (χ2n) is 6.46. The summed E-state index contributed by atoms with van der Waals surface area (Å²) in [6.45, 7) is -0.0437. The van der Waals surface area contributed by atoms with Crippen LogP contribution in [0.5, 0.6) is 5.75 Å². The molecule has 0 aliphatic carbocycles. The lowest BCUT2D eigenvalue weighted by Gasteiger charge is -2.19. The molecule has 1 heterocycles. The van der Waals surface area contributed by atoms with Gasteiger partial charge in [-0.05, 0) is 41.5 Å². The minimum absolute atomic E-state index is 0.0437. The molecule has 3 rings (SSSR count). The quantitative estimate of drug-likeness (QED) is 0.617. The van der Waals surface area contributed by atoms with Gasteiger partial charge in [0.25, 0.3) is 0 Å². The third-order valence-electron chi connectivity index (χ3n) is 4.51. The number of sulfone groups is 1. The van der Waals surface area contributed by atoms with E-state index >= 15 is 0 Å². The number of hydrogen-bond acceptors (Lipinski definition) is 5. The zero-order valence-corrected chi connectivity index (χ0v) is 16.8. The van der Waals surface area contributed by atoms with Crippen molar-refractivity contribution in [3.05, 3.63) is 90.3 Å². The Morgan fingerprint density at radius 2 is 1.76 bits per heavy atom. The number of carbonyl (C=O) groups excluding carboxylic acids is 1. The van der Waals surface area contributed by atoms with Gasteiger partial charge < -0.3 is 10.1 Å². The highest BCUT2D eigenvalue weighted by molar-refractivity contribution is 7.91. The first kappa shape index (κ1) is 20.5. The molecule has 1 atom stereocenters. The van der Waals surface area contributed by atoms with Crippen LogP contribution in [-0.4, -0.2) is 33.0 Å². The third-order valence-corrected chi connectivity index (χ3v) is 6.63. The van der Waals surface area contributed by atoms with E-state index in [0.717, 1.165) is 5.56 Å². The number of ether oxygens (including phenoxy) is 1. The maximum atomic E-state index is 13.2. The zero-order valence-electron chi connectivity index (χ0n) is 16.0. The lowest BCUT2D eigenvalue weighted by atomic mass is 10.1. The molecule has 0 saturated carbocycles. The molecule has 1 amide bonds. The van der Waals surface area contributed by atoms with Crippen LogP contribution in [-0.2, 0) is 21.1 Å². The Bertz CT molecular complexity index is 1040. The summed E-state index contributed by atoms with van der Waals surface area (Å²) < 4.78 is 31.5. The third kappa shape index (κ3) is 5.20. The molecule has 1 aromatic heterocycles. The molecule has 1 N–H and O–H groups in total. The van der Waals surface area contributed by atoms with Crippen molar-refractivity contribution < 1.29 is 17.9 Å². The normalized spacial score (nSPS) is 12.2. The highest BCUT2D eigenvalue weighted by atomic mass is 32.2. The molecule has 3 aromatic rings. The second-order valence-corrected chi connectivity index (χ2v) is 8.59. The van der Waals surface area contributed by atoms with Gasteiger partial charge in [0.2, 0.25) is 5.91 Å². The van der Waals surface area contributed by atoms with E-state index in [9.17, 15) is 13.2 Å². The summed E-state index contributed by atoms with van der Waals surface area (Å²) in [5.74, 6) is 0.451. The minimum atomic E-state index is -3.70. The Morgan fingerprint density at radius 3 is 2.38 bits per heavy atom. The van der Waals surface area contributed by atoms with Crippen LogP contribution in [0.4, 0.5) is 0 Å². The number of pyridine rings is 1. The molecule has 0 saturated heterocycles. The van der Waals surface area contributed by atoms with Crippen LogP contribution in [0, 0.1) is 0 Å². The van der Waals surface area contributed by atoms with Gasteiger partial charge in [-0.25, -0.2) is 8.42 Å². The lowest BCUT2D eigenvalue weighted by Crippen LogP contribution is -2.33. The predicted octanol–water partition coefficient (Wildman–Crippen LogP) is 2.96. The molecule has 1 unspecified atom stereocenters. The second kappa shape index (κ2) is 9.34. The lowest BCUT2D eigenvalue weighted by molar-refractivity contribution is -0.120. The Hall–Kier alpha value is -3.19. The number of nitrogens with one attached hydrogen (secondary N) is 1. The molecule has 0 aliphatic heterocycles. The molecule has 7 heteroatoms. The number of benzene rings is 2. The van der Waals surface area contributed by atoms with E-state index in [4.69, 9.17) is 4.74 Å². The monoisotopic (exact) mass is 410 g/mol. The van der Waals surface area contributed by atoms with Gasteiger partial charge in [0.1, 0.15) is 11.0 Å². The van der Waals surface area contributed by atoms with Gasteiger partial charge >= 0.3 is 0 Å². The fourth-order valence-electron chi connectivity index (χ4n) is 2.95. The van der Waals surface area contributed by atoms with E-state index in [1.54, 1.807) is 80.0 Å². The SMILES string of the molecule is COc1ccc(CC(=O)NCC(c2cccnc2)S(=O)(=O)c2ccccc2)cc1. The van der Waals surface area contributed by atoms with E-state index in [2.05, 4.69) is 10.3 Å². The van der Waals surface area contributed by atoms with Crippen molar-refractivity contribution in [2.24, 2.45) is 0 Å². The molecule has 0 radical (unpaired) electrons. The highest BCUT2D eigenvalue weighted by Crippen LogP contribution is 2.28. The Balaban J connectivity index is 1.76. The van der Waals surface area contributed by atoms with Crippen LogP contribution in [0.25, 0.3) is 0 Å². The van der Waals surface area contributed by atoms with Crippen LogP contribution < -0.4 is 10.1 Å². The van der Waals surface area contributed by atoms with Gasteiger partial charge in [0.15, 0.2) is 9.84 Å². The number of carbonyl (C=O) groups is 1. The molecule has 0 aliphatic rings. The summed E-state index contributed by atoms with van der Waals surface area (Å²) in [5.41, 5.74) is 1.34. The summed E-state index contributed by atoms with van der Waals surface area (Å²) in [4.78, 5) is 16.7. The van der Waals surface area contributed by atoms with Crippen molar-refractivity contribution >= 4 is 15.7 Å².